The van der Waals surface area contributed by atoms with Crippen LogP contribution in [0.2, 0.25) is 5.02 Å². The van der Waals surface area contributed by atoms with Crippen molar-refractivity contribution in [1.29, 1.82) is 0 Å². The van der Waals surface area contributed by atoms with E-state index in [9.17, 15) is 13.2 Å². The monoisotopic (exact) mass is 470 g/mol. The van der Waals surface area contributed by atoms with E-state index in [0.29, 0.717) is 22.1 Å². The summed E-state index contributed by atoms with van der Waals surface area (Å²) in [6.45, 7) is 5.48. The third kappa shape index (κ3) is 4.31. The second kappa shape index (κ2) is 8.48. The highest BCUT2D eigenvalue weighted by Crippen LogP contribution is 2.38. The van der Waals surface area contributed by atoms with E-state index < -0.39 is 22.0 Å². The highest BCUT2D eigenvalue weighted by atomic mass is 35.5. The topological polar surface area (TPSA) is 75.7 Å². The molecule has 6 nitrogen and oxygen atoms in total. The minimum absolute atomic E-state index is 0.154. The number of rotatable bonds is 4. The molecule has 0 aliphatic carbocycles. The fraction of sp³-hybridized carbons (Fsp3) is 0.208. The highest BCUT2D eigenvalue weighted by Gasteiger charge is 2.37. The summed E-state index contributed by atoms with van der Waals surface area (Å²) in [6.07, 6.45) is -1.04. The Hall–Kier alpha value is -3.03. The molecule has 1 aliphatic rings. The van der Waals surface area contributed by atoms with E-state index in [1.165, 1.54) is 4.31 Å². The van der Waals surface area contributed by atoms with Gasteiger partial charge in [0.2, 0.25) is 0 Å². The van der Waals surface area contributed by atoms with Gasteiger partial charge in [-0.15, -0.1) is 0 Å². The standard InChI is InChI=1S/C24H23ClN2O4S/c1-15-4-9-19(10-5-15)32(29,30)27-14-23(31-22-12-16(2)6-11-21(22)27)24(28)26-18-8-7-17(3)20(25)13-18/h4-13,23H,14H2,1-3H3,(H,26,28)/t23-/m1/s1. The van der Waals surface area contributed by atoms with E-state index in [4.69, 9.17) is 16.3 Å². The molecule has 32 heavy (non-hydrogen) atoms. The molecular weight excluding hydrogens is 448 g/mol. The first-order valence-corrected chi connectivity index (χ1v) is 11.9. The molecule has 0 fully saturated rings. The number of hydrogen-bond donors (Lipinski definition) is 1. The van der Waals surface area contributed by atoms with Gasteiger partial charge >= 0.3 is 0 Å². The summed E-state index contributed by atoms with van der Waals surface area (Å²) in [4.78, 5) is 13.2. The Balaban J connectivity index is 1.69. The van der Waals surface area contributed by atoms with Crippen molar-refractivity contribution in [3.05, 3.63) is 82.4 Å². The van der Waals surface area contributed by atoms with Crippen molar-refractivity contribution in [3.63, 3.8) is 0 Å². The number of hydrogen-bond acceptors (Lipinski definition) is 4. The molecular formula is C24H23ClN2O4S. The van der Waals surface area contributed by atoms with Gasteiger partial charge in [0.25, 0.3) is 15.9 Å². The van der Waals surface area contributed by atoms with E-state index in [1.54, 1.807) is 54.6 Å². The largest absolute Gasteiger partial charge is 0.476 e. The Labute approximate surface area is 192 Å². The summed E-state index contributed by atoms with van der Waals surface area (Å²) in [7, 11) is -3.90. The maximum absolute atomic E-state index is 13.5. The van der Waals surface area contributed by atoms with Crippen molar-refractivity contribution in [2.75, 3.05) is 16.2 Å². The number of halogens is 1. The van der Waals surface area contributed by atoms with Crippen LogP contribution in [-0.4, -0.2) is 27.0 Å². The van der Waals surface area contributed by atoms with E-state index in [1.807, 2.05) is 26.8 Å². The molecule has 1 heterocycles. The molecule has 0 aromatic heterocycles. The average Bonchev–Trinajstić information content (AvgIpc) is 2.75. The normalized spacial score (nSPS) is 15.6. The van der Waals surface area contributed by atoms with Gasteiger partial charge < -0.3 is 10.1 Å². The third-order valence-corrected chi connectivity index (χ3v) is 7.53. The molecule has 1 amide bonds. The maximum Gasteiger partial charge on any atom is 0.267 e. The predicted octanol–water partition coefficient (Wildman–Crippen LogP) is 4.86. The number of amides is 1. The first kappa shape index (κ1) is 22.2. The first-order chi connectivity index (χ1) is 15.1. The minimum Gasteiger partial charge on any atom is -0.476 e. The molecule has 0 radical (unpaired) electrons. The summed E-state index contributed by atoms with van der Waals surface area (Å²) < 4.78 is 34.1. The summed E-state index contributed by atoms with van der Waals surface area (Å²) in [5, 5.41) is 3.30. The Morgan fingerprint density at radius 2 is 1.69 bits per heavy atom. The van der Waals surface area contributed by atoms with Gasteiger partial charge in [0.05, 0.1) is 17.1 Å². The van der Waals surface area contributed by atoms with Gasteiger partial charge in [0, 0.05) is 10.7 Å². The van der Waals surface area contributed by atoms with Crippen LogP contribution in [0, 0.1) is 20.8 Å². The van der Waals surface area contributed by atoms with Gasteiger partial charge in [0.15, 0.2) is 6.10 Å². The summed E-state index contributed by atoms with van der Waals surface area (Å²) in [6, 6.07) is 17.1. The number of nitrogens with zero attached hydrogens (tertiary/aromatic N) is 1. The van der Waals surface area contributed by atoms with E-state index >= 15 is 0 Å². The second-order valence-corrected chi connectivity index (χ2v) is 10.1. The molecule has 8 heteroatoms. The predicted molar refractivity (Wildman–Crippen MR) is 126 cm³/mol. The van der Waals surface area contributed by atoms with Gasteiger partial charge in [0.1, 0.15) is 5.75 Å². The maximum atomic E-state index is 13.5. The lowest BCUT2D eigenvalue weighted by atomic mass is 10.1. The van der Waals surface area contributed by atoms with Crippen LogP contribution in [0.1, 0.15) is 16.7 Å². The number of anilines is 2. The van der Waals surface area contributed by atoms with Crippen molar-refractivity contribution in [2.45, 2.75) is 31.8 Å². The summed E-state index contributed by atoms with van der Waals surface area (Å²) in [5.74, 6) is -0.116. The molecule has 4 rings (SSSR count). The average molecular weight is 471 g/mol. The SMILES string of the molecule is Cc1ccc(S(=O)(=O)N2C[C@H](C(=O)Nc3ccc(C)c(Cl)c3)Oc3cc(C)ccc32)cc1. The number of carbonyl (C=O) groups is 1. The van der Waals surface area contributed by atoms with Crippen LogP contribution in [0.15, 0.2) is 65.6 Å². The lowest BCUT2D eigenvalue weighted by molar-refractivity contribution is -0.122. The molecule has 3 aromatic rings. The Morgan fingerprint density at radius 3 is 2.38 bits per heavy atom. The Morgan fingerprint density at radius 1 is 1.00 bits per heavy atom. The quantitative estimate of drug-likeness (QED) is 0.590. The molecule has 0 saturated carbocycles. The molecule has 1 N–H and O–H groups in total. The van der Waals surface area contributed by atoms with Crippen LogP contribution in [-0.2, 0) is 14.8 Å². The number of ether oxygens (including phenoxy) is 1. The second-order valence-electron chi connectivity index (χ2n) is 7.88. The highest BCUT2D eigenvalue weighted by molar-refractivity contribution is 7.92. The number of benzene rings is 3. The zero-order chi connectivity index (χ0) is 23.0. The van der Waals surface area contributed by atoms with Crippen LogP contribution >= 0.6 is 11.6 Å². The van der Waals surface area contributed by atoms with Crippen molar-refractivity contribution in [2.24, 2.45) is 0 Å². The zero-order valence-corrected chi connectivity index (χ0v) is 19.5. The molecule has 0 unspecified atom stereocenters. The molecule has 166 valence electrons. The molecule has 1 atom stereocenters. The molecule has 0 saturated heterocycles. The smallest absolute Gasteiger partial charge is 0.267 e. The van der Waals surface area contributed by atoms with Crippen LogP contribution in [0.25, 0.3) is 0 Å². The minimum atomic E-state index is -3.90. The van der Waals surface area contributed by atoms with Crippen LogP contribution < -0.4 is 14.4 Å². The number of aryl methyl sites for hydroxylation is 3. The number of carbonyl (C=O) groups excluding carboxylic acids is 1. The van der Waals surface area contributed by atoms with Crippen molar-refractivity contribution >= 4 is 38.9 Å². The van der Waals surface area contributed by atoms with E-state index in [2.05, 4.69) is 5.32 Å². The number of nitrogens with one attached hydrogen (secondary N) is 1. The number of fused-ring (bicyclic) bond motifs is 1. The lowest BCUT2D eigenvalue weighted by Crippen LogP contribution is -2.48. The van der Waals surface area contributed by atoms with Crippen molar-refractivity contribution in [3.8, 4) is 5.75 Å². The summed E-state index contributed by atoms with van der Waals surface area (Å²) >= 11 is 6.16. The summed E-state index contributed by atoms with van der Waals surface area (Å²) in [5.41, 5.74) is 3.65. The number of sulfonamides is 1. The Kier molecular flexibility index (Phi) is 5.88. The van der Waals surface area contributed by atoms with Crippen LogP contribution in [0.3, 0.4) is 0 Å². The molecule has 1 aliphatic heterocycles. The van der Waals surface area contributed by atoms with E-state index in [0.717, 1.165) is 16.7 Å². The Bertz CT molecular complexity index is 1290. The van der Waals surface area contributed by atoms with Crippen molar-refractivity contribution < 1.29 is 17.9 Å². The molecule has 0 bridgehead atoms. The van der Waals surface area contributed by atoms with Gasteiger partial charge in [-0.2, -0.15) is 0 Å². The first-order valence-electron chi connectivity index (χ1n) is 10.1. The van der Waals surface area contributed by atoms with Gasteiger partial charge in [-0.1, -0.05) is 41.4 Å². The molecule has 3 aromatic carbocycles. The molecule has 0 spiro atoms. The third-order valence-electron chi connectivity index (χ3n) is 5.33. The zero-order valence-electron chi connectivity index (χ0n) is 17.9. The fourth-order valence-electron chi connectivity index (χ4n) is 3.46. The lowest BCUT2D eigenvalue weighted by Gasteiger charge is -2.35. The van der Waals surface area contributed by atoms with Crippen LogP contribution in [0.4, 0.5) is 11.4 Å². The van der Waals surface area contributed by atoms with Gasteiger partial charge in [-0.3, -0.25) is 9.10 Å². The van der Waals surface area contributed by atoms with Gasteiger partial charge in [-0.25, -0.2) is 8.42 Å². The van der Waals surface area contributed by atoms with Crippen molar-refractivity contribution in [1.82, 2.24) is 0 Å². The fourth-order valence-corrected chi connectivity index (χ4v) is 5.11. The van der Waals surface area contributed by atoms with Crippen LogP contribution in [0.5, 0.6) is 5.75 Å². The van der Waals surface area contributed by atoms with E-state index in [-0.39, 0.29) is 11.4 Å². The van der Waals surface area contributed by atoms with Gasteiger partial charge in [-0.05, 0) is 68.3 Å².